The molecule has 0 aliphatic heterocycles. The van der Waals surface area contributed by atoms with Crippen LogP contribution in [0.4, 0.5) is 0 Å². The van der Waals surface area contributed by atoms with Crippen LogP contribution >= 0.6 is 0 Å². The number of hydrogen-bond donors (Lipinski definition) is 1. The smallest absolute Gasteiger partial charge is 0.119 e. The SMILES string of the molecule is COc1cccc(CC(CO)Cc2cn(C)nn2)c1. The Balaban J connectivity index is 2.01. The molecule has 5 nitrogen and oxygen atoms in total. The number of aryl methyl sites for hydroxylation is 1. The van der Waals surface area contributed by atoms with E-state index in [1.807, 2.05) is 37.5 Å². The predicted octanol–water partition coefficient (Wildman–Crippen LogP) is 1.22. The van der Waals surface area contributed by atoms with Crippen LogP contribution in [0.3, 0.4) is 0 Å². The standard InChI is InChI=1S/C14H19N3O2/c1-17-9-13(15-16-17)7-12(10-18)6-11-4-3-5-14(8-11)19-2/h3-5,8-9,12,18H,6-7,10H2,1-2H3. The molecule has 0 amide bonds. The number of nitrogens with zero attached hydrogens (tertiary/aromatic N) is 3. The van der Waals surface area contributed by atoms with Gasteiger partial charge in [-0.2, -0.15) is 0 Å². The molecule has 0 spiro atoms. The van der Waals surface area contributed by atoms with Crippen molar-refractivity contribution in [1.29, 1.82) is 0 Å². The van der Waals surface area contributed by atoms with Gasteiger partial charge < -0.3 is 9.84 Å². The van der Waals surface area contributed by atoms with Gasteiger partial charge >= 0.3 is 0 Å². The maximum absolute atomic E-state index is 9.50. The summed E-state index contributed by atoms with van der Waals surface area (Å²) in [5.74, 6) is 0.984. The van der Waals surface area contributed by atoms with Crippen LogP contribution < -0.4 is 4.74 Å². The van der Waals surface area contributed by atoms with E-state index in [2.05, 4.69) is 10.3 Å². The fourth-order valence-electron chi connectivity index (χ4n) is 2.12. The number of aliphatic hydroxyl groups is 1. The van der Waals surface area contributed by atoms with Crippen molar-refractivity contribution in [2.45, 2.75) is 12.8 Å². The van der Waals surface area contributed by atoms with Gasteiger partial charge in [0.25, 0.3) is 0 Å². The molecule has 0 aliphatic carbocycles. The van der Waals surface area contributed by atoms with Gasteiger partial charge in [0, 0.05) is 19.9 Å². The molecule has 0 radical (unpaired) electrons. The second kappa shape index (κ2) is 6.33. The van der Waals surface area contributed by atoms with Crippen molar-refractivity contribution in [3.05, 3.63) is 41.7 Å². The van der Waals surface area contributed by atoms with Crippen molar-refractivity contribution >= 4 is 0 Å². The van der Waals surface area contributed by atoms with Gasteiger partial charge in [0.1, 0.15) is 5.75 Å². The molecule has 0 fully saturated rings. The van der Waals surface area contributed by atoms with Gasteiger partial charge in [0.15, 0.2) is 0 Å². The van der Waals surface area contributed by atoms with E-state index in [4.69, 9.17) is 4.74 Å². The molecular weight excluding hydrogens is 242 g/mol. The number of hydrogen-bond acceptors (Lipinski definition) is 4. The molecule has 19 heavy (non-hydrogen) atoms. The van der Waals surface area contributed by atoms with Crippen LogP contribution in [0.15, 0.2) is 30.5 Å². The van der Waals surface area contributed by atoms with Crippen LogP contribution in [0, 0.1) is 5.92 Å². The molecule has 1 aromatic heterocycles. The minimum Gasteiger partial charge on any atom is -0.497 e. The number of aliphatic hydroxyl groups excluding tert-OH is 1. The minimum absolute atomic E-state index is 0.133. The third-order valence-electron chi connectivity index (χ3n) is 3.06. The van der Waals surface area contributed by atoms with Crippen LogP contribution in [-0.4, -0.2) is 33.8 Å². The lowest BCUT2D eigenvalue weighted by Crippen LogP contribution is -2.13. The Morgan fingerprint density at radius 2 is 2.21 bits per heavy atom. The van der Waals surface area contributed by atoms with Crippen molar-refractivity contribution in [2.75, 3.05) is 13.7 Å². The quantitative estimate of drug-likeness (QED) is 0.849. The highest BCUT2D eigenvalue weighted by molar-refractivity contribution is 5.28. The first-order valence-electron chi connectivity index (χ1n) is 6.30. The number of rotatable bonds is 6. The van der Waals surface area contributed by atoms with E-state index in [9.17, 15) is 5.11 Å². The summed E-state index contributed by atoms with van der Waals surface area (Å²) in [6.45, 7) is 0.133. The molecule has 2 rings (SSSR count). The molecular formula is C14H19N3O2. The van der Waals surface area contributed by atoms with Crippen molar-refractivity contribution in [3.63, 3.8) is 0 Å². The third kappa shape index (κ3) is 3.79. The molecule has 0 saturated heterocycles. The first-order valence-corrected chi connectivity index (χ1v) is 6.30. The second-order valence-corrected chi connectivity index (χ2v) is 4.69. The van der Waals surface area contributed by atoms with Crippen LogP contribution in [0.25, 0.3) is 0 Å². The molecule has 0 aliphatic rings. The van der Waals surface area contributed by atoms with E-state index in [0.717, 1.165) is 29.8 Å². The van der Waals surface area contributed by atoms with E-state index >= 15 is 0 Å². The molecule has 1 unspecified atom stereocenters. The summed E-state index contributed by atoms with van der Waals surface area (Å²) < 4.78 is 6.88. The average Bonchev–Trinajstić information content (AvgIpc) is 2.83. The first-order chi connectivity index (χ1) is 9.21. The summed E-state index contributed by atoms with van der Waals surface area (Å²) in [6.07, 6.45) is 3.40. The molecule has 5 heteroatoms. The summed E-state index contributed by atoms with van der Waals surface area (Å²) in [7, 11) is 3.49. The largest absolute Gasteiger partial charge is 0.497 e. The minimum atomic E-state index is 0.133. The number of methoxy groups -OCH3 is 1. The lowest BCUT2D eigenvalue weighted by atomic mass is 9.95. The van der Waals surface area contributed by atoms with Crippen LogP contribution in [-0.2, 0) is 19.9 Å². The Labute approximate surface area is 112 Å². The zero-order valence-electron chi connectivity index (χ0n) is 11.3. The van der Waals surface area contributed by atoms with Gasteiger partial charge in [0.2, 0.25) is 0 Å². The van der Waals surface area contributed by atoms with Crippen molar-refractivity contribution in [3.8, 4) is 5.75 Å². The van der Waals surface area contributed by atoms with E-state index in [0.29, 0.717) is 0 Å². The Morgan fingerprint density at radius 1 is 1.37 bits per heavy atom. The van der Waals surface area contributed by atoms with Gasteiger partial charge in [-0.15, -0.1) is 5.10 Å². The number of aromatic nitrogens is 3. The summed E-state index contributed by atoms with van der Waals surface area (Å²) >= 11 is 0. The van der Waals surface area contributed by atoms with E-state index in [1.165, 1.54) is 0 Å². The normalized spacial score (nSPS) is 12.4. The first kappa shape index (κ1) is 13.5. The van der Waals surface area contributed by atoms with Crippen LogP contribution in [0.5, 0.6) is 5.75 Å². The highest BCUT2D eigenvalue weighted by Crippen LogP contribution is 2.17. The molecule has 0 saturated carbocycles. The molecule has 1 aromatic carbocycles. The molecule has 1 heterocycles. The molecule has 1 N–H and O–H groups in total. The predicted molar refractivity (Wildman–Crippen MR) is 72.0 cm³/mol. The van der Waals surface area contributed by atoms with E-state index in [1.54, 1.807) is 11.8 Å². The van der Waals surface area contributed by atoms with Crippen molar-refractivity contribution in [1.82, 2.24) is 15.0 Å². The summed E-state index contributed by atoms with van der Waals surface area (Å²) in [4.78, 5) is 0. The number of ether oxygens (including phenoxy) is 1. The summed E-state index contributed by atoms with van der Waals surface area (Å²) in [5.41, 5.74) is 2.06. The molecule has 102 valence electrons. The van der Waals surface area contributed by atoms with Crippen LogP contribution in [0.2, 0.25) is 0 Å². The van der Waals surface area contributed by atoms with Gasteiger partial charge in [-0.1, -0.05) is 17.3 Å². The fraction of sp³-hybridized carbons (Fsp3) is 0.429. The zero-order valence-corrected chi connectivity index (χ0v) is 11.3. The number of benzene rings is 1. The van der Waals surface area contributed by atoms with Crippen molar-refractivity contribution in [2.24, 2.45) is 13.0 Å². The maximum atomic E-state index is 9.50. The van der Waals surface area contributed by atoms with Crippen LogP contribution in [0.1, 0.15) is 11.3 Å². The second-order valence-electron chi connectivity index (χ2n) is 4.69. The van der Waals surface area contributed by atoms with Gasteiger partial charge in [-0.3, -0.25) is 4.68 Å². The molecule has 1 atom stereocenters. The van der Waals surface area contributed by atoms with E-state index in [-0.39, 0.29) is 12.5 Å². The fourth-order valence-corrected chi connectivity index (χ4v) is 2.12. The monoisotopic (exact) mass is 261 g/mol. The van der Waals surface area contributed by atoms with E-state index < -0.39 is 0 Å². The maximum Gasteiger partial charge on any atom is 0.119 e. The highest BCUT2D eigenvalue weighted by Gasteiger charge is 2.12. The third-order valence-corrected chi connectivity index (χ3v) is 3.06. The Bertz CT molecular complexity index is 525. The Morgan fingerprint density at radius 3 is 2.84 bits per heavy atom. The Kier molecular flexibility index (Phi) is 4.52. The highest BCUT2D eigenvalue weighted by atomic mass is 16.5. The summed E-state index contributed by atoms with van der Waals surface area (Å²) in [6, 6.07) is 7.92. The van der Waals surface area contributed by atoms with Gasteiger partial charge in [0.05, 0.1) is 12.8 Å². The van der Waals surface area contributed by atoms with Gasteiger partial charge in [-0.25, -0.2) is 0 Å². The molecule has 2 aromatic rings. The molecule has 0 bridgehead atoms. The van der Waals surface area contributed by atoms with Gasteiger partial charge in [-0.05, 0) is 36.5 Å². The van der Waals surface area contributed by atoms with Crippen molar-refractivity contribution < 1.29 is 9.84 Å². The zero-order chi connectivity index (χ0) is 13.7. The summed E-state index contributed by atoms with van der Waals surface area (Å²) in [5, 5.41) is 17.5. The average molecular weight is 261 g/mol. The lowest BCUT2D eigenvalue weighted by molar-refractivity contribution is 0.224. The lowest BCUT2D eigenvalue weighted by Gasteiger charge is -2.13. The Hall–Kier alpha value is -1.88. The topological polar surface area (TPSA) is 60.2 Å².